The average Bonchev–Trinajstić information content (AvgIpc) is 2.92. The first-order valence-electron chi connectivity index (χ1n) is 7.42. The minimum Gasteiger partial charge on any atom is -0.425 e. The zero-order valence-electron chi connectivity index (χ0n) is 13.8. The van der Waals surface area contributed by atoms with Crippen molar-refractivity contribution in [2.24, 2.45) is 14.1 Å². The van der Waals surface area contributed by atoms with E-state index in [0.29, 0.717) is 16.9 Å². The van der Waals surface area contributed by atoms with Gasteiger partial charge in [0.15, 0.2) is 11.2 Å². The molecule has 126 valence electrons. The molecule has 0 aliphatic heterocycles. The molecule has 0 radical (unpaired) electrons. The maximum Gasteiger partial charge on any atom is 0.332 e. The summed E-state index contributed by atoms with van der Waals surface area (Å²) in [5.41, 5.74) is -0.151. The molecular weight excluding hydrogens is 376 g/mol. The molecule has 8 heteroatoms. The maximum atomic E-state index is 12.6. The van der Waals surface area contributed by atoms with Crippen molar-refractivity contribution in [3.63, 3.8) is 0 Å². The molecule has 0 saturated heterocycles. The first kappa shape index (κ1) is 16.5. The molecule has 2 heterocycles. The Bertz CT molecular complexity index is 1030. The molecule has 0 atom stereocenters. The monoisotopic (exact) mass is 392 g/mol. The van der Waals surface area contributed by atoms with E-state index >= 15 is 0 Å². The van der Waals surface area contributed by atoms with Crippen LogP contribution in [0.4, 0.5) is 0 Å². The molecule has 24 heavy (non-hydrogen) atoms. The van der Waals surface area contributed by atoms with Crippen LogP contribution >= 0.6 is 15.9 Å². The van der Waals surface area contributed by atoms with E-state index in [2.05, 4.69) is 20.9 Å². The summed E-state index contributed by atoms with van der Waals surface area (Å²) in [6.07, 6.45) is 0. The fourth-order valence-corrected chi connectivity index (χ4v) is 2.82. The van der Waals surface area contributed by atoms with E-state index in [1.807, 2.05) is 26.0 Å². The van der Waals surface area contributed by atoms with Crippen LogP contribution in [0.5, 0.6) is 11.8 Å². The van der Waals surface area contributed by atoms with Gasteiger partial charge < -0.3 is 4.74 Å². The lowest BCUT2D eigenvalue weighted by molar-refractivity contribution is 0.400. The van der Waals surface area contributed by atoms with Crippen LogP contribution in [0.1, 0.15) is 19.9 Å². The van der Waals surface area contributed by atoms with E-state index in [4.69, 9.17) is 4.74 Å². The number of imidazole rings is 1. The van der Waals surface area contributed by atoms with Gasteiger partial charge >= 0.3 is 11.7 Å². The van der Waals surface area contributed by atoms with Crippen LogP contribution in [-0.4, -0.2) is 18.7 Å². The van der Waals surface area contributed by atoms with E-state index in [1.165, 1.54) is 11.6 Å². The topological polar surface area (TPSA) is 71.1 Å². The van der Waals surface area contributed by atoms with Crippen molar-refractivity contribution in [1.82, 2.24) is 18.7 Å². The summed E-state index contributed by atoms with van der Waals surface area (Å²) >= 11 is 3.37. The van der Waals surface area contributed by atoms with Gasteiger partial charge in [-0.3, -0.25) is 18.5 Å². The summed E-state index contributed by atoms with van der Waals surface area (Å²) < 4.78 is 10.9. The van der Waals surface area contributed by atoms with Crippen LogP contribution in [-0.2, 0) is 14.1 Å². The molecule has 1 aromatic carbocycles. The number of benzene rings is 1. The van der Waals surface area contributed by atoms with Gasteiger partial charge in [-0.15, -0.1) is 0 Å². The summed E-state index contributed by atoms with van der Waals surface area (Å²) in [5, 5.41) is 0. The number of nitrogens with zero attached hydrogens (tertiary/aromatic N) is 4. The second-order valence-electron chi connectivity index (χ2n) is 5.79. The molecule has 3 aromatic rings. The van der Waals surface area contributed by atoms with Crippen LogP contribution in [0, 0.1) is 0 Å². The van der Waals surface area contributed by atoms with Crippen molar-refractivity contribution in [3.8, 4) is 11.8 Å². The predicted molar refractivity (Wildman–Crippen MR) is 94.8 cm³/mol. The highest BCUT2D eigenvalue weighted by molar-refractivity contribution is 9.10. The normalized spacial score (nSPS) is 11.4. The quantitative estimate of drug-likeness (QED) is 0.686. The van der Waals surface area contributed by atoms with Gasteiger partial charge in [0.1, 0.15) is 5.75 Å². The molecule has 0 saturated carbocycles. The highest BCUT2D eigenvalue weighted by Gasteiger charge is 2.22. The van der Waals surface area contributed by atoms with Gasteiger partial charge in [0.2, 0.25) is 0 Å². The molecule has 0 spiro atoms. The Morgan fingerprint density at radius 2 is 1.71 bits per heavy atom. The van der Waals surface area contributed by atoms with Gasteiger partial charge in [0.25, 0.3) is 5.56 Å². The summed E-state index contributed by atoms with van der Waals surface area (Å²) in [6, 6.07) is 7.52. The number of rotatable bonds is 3. The Kier molecular flexibility index (Phi) is 4.08. The van der Waals surface area contributed by atoms with Crippen molar-refractivity contribution in [3.05, 3.63) is 49.6 Å². The molecule has 7 nitrogen and oxygen atoms in total. The molecule has 0 N–H and O–H groups in total. The highest BCUT2D eigenvalue weighted by atomic mass is 79.9. The van der Waals surface area contributed by atoms with Gasteiger partial charge in [-0.2, -0.15) is 4.98 Å². The molecular formula is C16H17BrN4O3. The molecule has 3 rings (SSSR count). The summed E-state index contributed by atoms with van der Waals surface area (Å²) in [6.45, 7) is 3.86. The highest BCUT2D eigenvalue weighted by Crippen LogP contribution is 2.28. The number of hydrogen-bond acceptors (Lipinski definition) is 4. The first-order valence-corrected chi connectivity index (χ1v) is 8.22. The van der Waals surface area contributed by atoms with Gasteiger partial charge in [-0.1, -0.05) is 15.9 Å². The Hall–Kier alpha value is -2.35. The number of ether oxygens (including phenoxy) is 1. The minimum atomic E-state index is -0.420. The van der Waals surface area contributed by atoms with Crippen molar-refractivity contribution in [2.45, 2.75) is 19.9 Å². The second kappa shape index (κ2) is 5.94. The molecule has 0 fully saturated rings. The molecule has 2 aromatic heterocycles. The average molecular weight is 393 g/mol. The Morgan fingerprint density at radius 3 is 2.29 bits per heavy atom. The Morgan fingerprint density at radius 1 is 1.08 bits per heavy atom. The number of aryl methyl sites for hydroxylation is 1. The number of halogens is 1. The van der Waals surface area contributed by atoms with Crippen molar-refractivity contribution >= 4 is 27.1 Å². The third-order valence-electron chi connectivity index (χ3n) is 3.80. The molecule has 0 unspecified atom stereocenters. The third kappa shape index (κ3) is 2.56. The lowest BCUT2D eigenvalue weighted by Gasteiger charge is -2.13. The van der Waals surface area contributed by atoms with Gasteiger partial charge in [-0.05, 0) is 38.1 Å². The zero-order chi connectivity index (χ0) is 17.6. The minimum absolute atomic E-state index is 0.0642. The van der Waals surface area contributed by atoms with E-state index < -0.39 is 5.69 Å². The first-order chi connectivity index (χ1) is 11.3. The summed E-state index contributed by atoms with van der Waals surface area (Å²) in [5.74, 6) is 0.595. The lowest BCUT2D eigenvalue weighted by atomic mass is 10.3. The summed E-state index contributed by atoms with van der Waals surface area (Å²) in [4.78, 5) is 29.1. The third-order valence-corrected chi connectivity index (χ3v) is 4.33. The van der Waals surface area contributed by atoms with Crippen LogP contribution in [0.25, 0.3) is 11.2 Å². The van der Waals surface area contributed by atoms with Gasteiger partial charge in [0.05, 0.1) is 0 Å². The predicted octanol–water partition coefficient (Wildman–Crippen LogP) is 2.57. The van der Waals surface area contributed by atoms with Crippen LogP contribution in [0.15, 0.2) is 38.3 Å². The van der Waals surface area contributed by atoms with Crippen LogP contribution < -0.4 is 16.0 Å². The molecule has 0 aliphatic rings. The second-order valence-corrected chi connectivity index (χ2v) is 6.71. The maximum absolute atomic E-state index is 12.6. The van der Waals surface area contributed by atoms with Crippen LogP contribution in [0.3, 0.4) is 0 Å². The Balaban J connectivity index is 2.28. The van der Waals surface area contributed by atoms with Crippen molar-refractivity contribution in [1.29, 1.82) is 0 Å². The molecule has 0 aliphatic carbocycles. The van der Waals surface area contributed by atoms with Gasteiger partial charge in [-0.25, -0.2) is 4.79 Å². The SMILES string of the molecule is CC(C)n1c(Oc2ccc(Br)cc2)nc2c1c(=O)n(C)c(=O)n2C. The Labute approximate surface area is 146 Å². The molecule has 0 amide bonds. The van der Waals surface area contributed by atoms with Gasteiger partial charge in [0, 0.05) is 24.6 Å². The lowest BCUT2D eigenvalue weighted by Crippen LogP contribution is -2.37. The number of aromatic nitrogens is 4. The summed E-state index contributed by atoms with van der Waals surface area (Å²) in [7, 11) is 3.04. The fourth-order valence-electron chi connectivity index (χ4n) is 2.55. The van der Waals surface area contributed by atoms with Crippen molar-refractivity contribution in [2.75, 3.05) is 0 Å². The van der Waals surface area contributed by atoms with Crippen LogP contribution in [0.2, 0.25) is 0 Å². The number of hydrogen-bond donors (Lipinski definition) is 0. The standard InChI is InChI=1S/C16H17BrN4O3/c1-9(2)21-12-13(19(3)16(23)20(4)14(12)22)18-15(21)24-11-7-5-10(17)6-8-11/h5-9H,1-4H3. The molecule has 0 bridgehead atoms. The van der Waals surface area contributed by atoms with E-state index in [-0.39, 0.29) is 17.6 Å². The van der Waals surface area contributed by atoms with Crippen molar-refractivity contribution < 1.29 is 4.74 Å². The fraction of sp³-hybridized carbons (Fsp3) is 0.312. The smallest absolute Gasteiger partial charge is 0.332 e. The largest absolute Gasteiger partial charge is 0.425 e. The van der Waals surface area contributed by atoms with E-state index in [9.17, 15) is 9.59 Å². The van der Waals surface area contributed by atoms with E-state index in [1.54, 1.807) is 23.7 Å². The number of fused-ring (bicyclic) bond motifs is 1. The van der Waals surface area contributed by atoms with E-state index in [0.717, 1.165) is 9.04 Å². The zero-order valence-corrected chi connectivity index (χ0v) is 15.4.